The first-order chi connectivity index (χ1) is 11.2. The molecule has 0 bridgehead atoms. The third kappa shape index (κ3) is 2.36. The fraction of sp³-hybridized carbons (Fsp3) is 0.600. The summed E-state index contributed by atoms with van der Waals surface area (Å²) in [5, 5.41) is 16.7. The molecule has 0 amide bonds. The number of nitrogens with one attached hydrogen (secondary N) is 1. The molecule has 3 aromatic rings. The van der Waals surface area contributed by atoms with Crippen LogP contribution < -0.4 is 5.32 Å². The van der Waals surface area contributed by atoms with E-state index < -0.39 is 0 Å². The molecule has 8 heteroatoms. The Morgan fingerprint density at radius 3 is 3.00 bits per heavy atom. The van der Waals surface area contributed by atoms with Gasteiger partial charge in [-0.2, -0.15) is 9.50 Å². The van der Waals surface area contributed by atoms with Gasteiger partial charge in [-0.25, -0.2) is 0 Å². The lowest BCUT2D eigenvalue weighted by Crippen LogP contribution is -2.29. The van der Waals surface area contributed by atoms with Gasteiger partial charge in [-0.3, -0.25) is 4.90 Å². The van der Waals surface area contributed by atoms with Crippen molar-refractivity contribution in [1.82, 2.24) is 29.9 Å². The van der Waals surface area contributed by atoms with Crippen LogP contribution in [0.3, 0.4) is 0 Å². The minimum absolute atomic E-state index is 0.371. The molecule has 0 unspecified atom stereocenters. The van der Waals surface area contributed by atoms with E-state index >= 15 is 0 Å². The number of nitrogens with zero attached hydrogens (tertiary/aromatic N) is 6. The molecule has 0 spiro atoms. The molecule has 1 aliphatic rings. The van der Waals surface area contributed by atoms with Crippen LogP contribution in [0.1, 0.15) is 37.6 Å². The summed E-state index contributed by atoms with van der Waals surface area (Å²) in [4.78, 5) is 9.68. The molecule has 1 atom stereocenters. The van der Waals surface area contributed by atoms with E-state index in [2.05, 4.69) is 51.5 Å². The standard InChI is InChI=1S/C15H21N7S/c1-4-9(3)16-13-12-10-6-7-21(5-2)8-11(10)23-14(12)22-15(17-13)18-19-20-22/h9H,4-8H2,1-3H3,(H,16,17,18,20)/t9-/m0/s1. The molecule has 4 rings (SSSR count). The first-order valence-corrected chi connectivity index (χ1v) is 9.04. The van der Waals surface area contributed by atoms with Crippen LogP contribution >= 0.6 is 11.3 Å². The lowest BCUT2D eigenvalue weighted by atomic mass is 10.0. The second kappa shape index (κ2) is 5.68. The topological polar surface area (TPSA) is 71.2 Å². The van der Waals surface area contributed by atoms with Crippen molar-refractivity contribution in [3.05, 3.63) is 10.4 Å². The molecular weight excluding hydrogens is 310 g/mol. The summed E-state index contributed by atoms with van der Waals surface area (Å²) < 4.78 is 1.77. The molecule has 0 fully saturated rings. The molecule has 122 valence electrons. The van der Waals surface area contributed by atoms with E-state index in [-0.39, 0.29) is 0 Å². The van der Waals surface area contributed by atoms with E-state index in [1.165, 1.54) is 15.8 Å². The van der Waals surface area contributed by atoms with Gasteiger partial charge in [0, 0.05) is 24.0 Å². The lowest BCUT2D eigenvalue weighted by molar-refractivity contribution is 0.272. The average molecular weight is 331 g/mol. The first-order valence-electron chi connectivity index (χ1n) is 8.22. The van der Waals surface area contributed by atoms with Gasteiger partial charge < -0.3 is 5.32 Å². The molecule has 3 aromatic heterocycles. The highest BCUT2D eigenvalue weighted by Crippen LogP contribution is 2.38. The molecule has 0 saturated carbocycles. The summed E-state index contributed by atoms with van der Waals surface area (Å²) in [6.45, 7) is 9.77. The maximum absolute atomic E-state index is 4.68. The molecule has 7 nitrogen and oxygen atoms in total. The first kappa shape index (κ1) is 14.8. The highest BCUT2D eigenvalue weighted by atomic mass is 32.1. The lowest BCUT2D eigenvalue weighted by Gasteiger charge is -2.25. The summed E-state index contributed by atoms with van der Waals surface area (Å²) in [7, 11) is 0. The summed E-state index contributed by atoms with van der Waals surface area (Å²) in [5.74, 6) is 1.49. The SMILES string of the molecule is CC[C@H](C)Nc1nc2nnnn2c2sc3c(c12)CCN(CC)C3. The molecule has 1 N–H and O–H groups in total. The minimum atomic E-state index is 0.371. The van der Waals surface area contributed by atoms with Crippen molar-refractivity contribution >= 4 is 33.1 Å². The van der Waals surface area contributed by atoms with Gasteiger partial charge >= 0.3 is 0 Å². The average Bonchev–Trinajstić information content (AvgIpc) is 3.17. The number of likely N-dealkylation sites (N-methyl/N-ethyl adjacent to an activating group) is 1. The molecule has 0 aliphatic carbocycles. The second-order valence-electron chi connectivity index (χ2n) is 6.11. The number of aromatic nitrogens is 5. The number of tetrazole rings is 1. The summed E-state index contributed by atoms with van der Waals surface area (Å²) >= 11 is 1.80. The van der Waals surface area contributed by atoms with E-state index in [1.807, 2.05) is 0 Å². The molecular formula is C15H21N7S. The second-order valence-corrected chi connectivity index (χ2v) is 7.19. The summed E-state index contributed by atoms with van der Waals surface area (Å²) in [6, 6.07) is 0.371. The van der Waals surface area contributed by atoms with E-state index in [9.17, 15) is 0 Å². The Kier molecular flexibility index (Phi) is 3.65. The molecule has 1 aliphatic heterocycles. The van der Waals surface area contributed by atoms with Gasteiger partial charge in [0.05, 0.1) is 5.39 Å². The number of anilines is 1. The van der Waals surface area contributed by atoms with Crippen LogP contribution in [0.15, 0.2) is 0 Å². The molecule has 4 heterocycles. The van der Waals surface area contributed by atoms with Crippen molar-refractivity contribution < 1.29 is 0 Å². The number of thiophene rings is 1. The predicted molar refractivity (Wildman–Crippen MR) is 92.0 cm³/mol. The minimum Gasteiger partial charge on any atom is -0.367 e. The van der Waals surface area contributed by atoms with Crippen LogP contribution in [0.5, 0.6) is 0 Å². The smallest absolute Gasteiger partial charge is 0.276 e. The number of hydrogen-bond donors (Lipinski definition) is 1. The van der Waals surface area contributed by atoms with Crippen molar-refractivity contribution in [3.63, 3.8) is 0 Å². The fourth-order valence-corrected chi connectivity index (χ4v) is 4.42. The monoisotopic (exact) mass is 331 g/mol. The molecule has 0 saturated heterocycles. The number of hydrogen-bond acceptors (Lipinski definition) is 7. The van der Waals surface area contributed by atoms with Gasteiger partial charge in [-0.1, -0.05) is 18.9 Å². The number of fused-ring (bicyclic) bond motifs is 5. The Morgan fingerprint density at radius 1 is 1.35 bits per heavy atom. The van der Waals surface area contributed by atoms with Crippen molar-refractivity contribution in [2.75, 3.05) is 18.4 Å². The van der Waals surface area contributed by atoms with Crippen molar-refractivity contribution in [3.8, 4) is 0 Å². The highest BCUT2D eigenvalue weighted by molar-refractivity contribution is 7.19. The fourth-order valence-electron chi connectivity index (χ4n) is 3.08. The third-order valence-corrected chi connectivity index (χ3v) is 5.85. The summed E-state index contributed by atoms with van der Waals surface area (Å²) in [5.41, 5.74) is 1.42. The maximum atomic E-state index is 4.68. The van der Waals surface area contributed by atoms with Crippen LogP contribution in [0.25, 0.3) is 16.0 Å². The van der Waals surface area contributed by atoms with Crippen LogP contribution in [0.4, 0.5) is 5.82 Å². The zero-order chi connectivity index (χ0) is 16.0. The van der Waals surface area contributed by atoms with Gasteiger partial charge in [0.25, 0.3) is 5.78 Å². The van der Waals surface area contributed by atoms with Crippen LogP contribution in [-0.4, -0.2) is 49.1 Å². The Balaban J connectivity index is 1.94. The van der Waals surface area contributed by atoms with Crippen LogP contribution in [0.2, 0.25) is 0 Å². The van der Waals surface area contributed by atoms with E-state index in [1.54, 1.807) is 15.9 Å². The van der Waals surface area contributed by atoms with Crippen molar-refractivity contribution in [2.45, 2.75) is 46.2 Å². The van der Waals surface area contributed by atoms with E-state index in [0.29, 0.717) is 11.8 Å². The molecule has 0 aromatic carbocycles. The summed E-state index contributed by atoms with van der Waals surface area (Å²) in [6.07, 6.45) is 2.11. The molecule has 0 radical (unpaired) electrons. The Hall–Kier alpha value is -1.80. The zero-order valence-electron chi connectivity index (χ0n) is 13.7. The quantitative estimate of drug-likeness (QED) is 0.791. The van der Waals surface area contributed by atoms with E-state index in [0.717, 1.165) is 43.1 Å². The zero-order valence-corrected chi connectivity index (χ0v) is 14.5. The molecule has 23 heavy (non-hydrogen) atoms. The van der Waals surface area contributed by atoms with Gasteiger partial charge in [0.2, 0.25) is 0 Å². The van der Waals surface area contributed by atoms with Crippen molar-refractivity contribution in [2.24, 2.45) is 0 Å². The van der Waals surface area contributed by atoms with E-state index in [4.69, 9.17) is 0 Å². The Labute approximate surface area is 138 Å². The van der Waals surface area contributed by atoms with Crippen LogP contribution in [-0.2, 0) is 13.0 Å². The predicted octanol–water partition coefficient (Wildman–Crippen LogP) is 2.32. The maximum Gasteiger partial charge on any atom is 0.276 e. The van der Waals surface area contributed by atoms with Gasteiger partial charge in [0.15, 0.2) is 0 Å². The normalized spacial score (nSPS) is 16.8. The largest absolute Gasteiger partial charge is 0.367 e. The Morgan fingerprint density at radius 2 is 2.22 bits per heavy atom. The van der Waals surface area contributed by atoms with Crippen LogP contribution in [0, 0.1) is 0 Å². The van der Waals surface area contributed by atoms with Crippen molar-refractivity contribution in [1.29, 1.82) is 0 Å². The van der Waals surface area contributed by atoms with Gasteiger partial charge in [-0.05, 0) is 42.3 Å². The number of rotatable bonds is 4. The highest BCUT2D eigenvalue weighted by Gasteiger charge is 2.25. The third-order valence-electron chi connectivity index (χ3n) is 4.65. The van der Waals surface area contributed by atoms with Gasteiger partial charge in [-0.15, -0.1) is 11.3 Å². The van der Waals surface area contributed by atoms with Gasteiger partial charge in [0.1, 0.15) is 10.6 Å². The Bertz CT molecular complexity index is 852.